The Morgan fingerprint density at radius 2 is 1.89 bits per heavy atom. The quantitative estimate of drug-likeness (QED) is 0.670. The van der Waals surface area contributed by atoms with Gasteiger partial charge in [-0.1, -0.05) is 19.9 Å². The first-order valence-corrected chi connectivity index (χ1v) is 10.8. The third-order valence-electron chi connectivity index (χ3n) is 6.23. The van der Waals surface area contributed by atoms with E-state index >= 15 is 0 Å². The summed E-state index contributed by atoms with van der Waals surface area (Å²) in [6.07, 6.45) is 4.51. The average molecular weight is 388 g/mol. The smallest absolute Gasteiger partial charge is 0.188 e. The summed E-state index contributed by atoms with van der Waals surface area (Å²) in [4.78, 5) is 23.0. The Bertz CT molecular complexity index is 639. The first kappa shape index (κ1) is 21.4. The lowest BCUT2D eigenvalue weighted by molar-refractivity contribution is -0.101. The molecule has 0 N–H and O–H groups in total. The average Bonchev–Trinajstić information content (AvgIpc) is 2.66. The van der Waals surface area contributed by atoms with Crippen molar-refractivity contribution in [3.05, 3.63) is 30.1 Å². The monoisotopic (exact) mass is 387 g/mol. The molecule has 0 amide bonds. The van der Waals surface area contributed by atoms with Crippen molar-refractivity contribution in [2.24, 2.45) is 11.3 Å². The van der Waals surface area contributed by atoms with E-state index in [0.29, 0.717) is 12.3 Å². The van der Waals surface area contributed by atoms with Crippen molar-refractivity contribution in [2.45, 2.75) is 52.6 Å². The summed E-state index contributed by atoms with van der Waals surface area (Å²) in [6.45, 7) is 15.7. The predicted octanol–water partition coefficient (Wildman–Crippen LogP) is 3.50. The molecular weight excluding hydrogens is 350 g/mol. The maximum absolute atomic E-state index is 13.6. The van der Waals surface area contributed by atoms with Gasteiger partial charge in [0.15, 0.2) is 5.78 Å². The van der Waals surface area contributed by atoms with E-state index in [1.165, 1.54) is 13.0 Å². The van der Waals surface area contributed by atoms with E-state index < -0.39 is 5.41 Å². The summed E-state index contributed by atoms with van der Waals surface area (Å²) in [7, 11) is 0. The Labute approximate surface area is 170 Å². The standard InChI is InChI=1S/C23H37N3O2/c1-19(2)8-11-25-12-14-26(15-13-25)18-23(9-16-28-22(3,4)17-23)21(27)20-7-5-6-10-24-20/h5-7,10,19H,8-9,11-18H2,1-4H3/t23-/m1/s1. The molecule has 2 saturated heterocycles. The van der Waals surface area contributed by atoms with Crippen molar-refractivity contribution in [3.63, 3.8) is 0 Å². The fourth-order valence-electron chi connectivity index (χ4n) is 4.69. The maximum Gasteiger partial charge on any atom is 0.188 e. The Morgan fingerprint density at radius 1 is 1.18 bits per heavy atom. The van der Waals surface area contributed by atoms with Gasteiger partial charge in [-0.25, -0.2) is 0 Å². The van der Waals surface area contributed by atoms with Gasteiger partial charge >= 0.3 is 0 Å². The third-order valence-corrected chi connectivity index (χ3v) is 6.23. The lowest BCUT2D eigenvalue weighted by atomic mass is 9.69. The van der Waals surface area contributed by atoms with E-state index in [0.717, 1.165) is 51.5 Å². The molecule has 3 rings (SSSR count). The van der Waals surface area contributed by atoms with Crippen LogP contribution < -0.4 is 0 Å². The molecule has 1 atom stereocenters. The number of carbonyl (C=O) groups excluding carboxylic acids is 1. The first-order valence-electron chi connectivity index (χ1n) is 10.8. The van der Waals surface area contributed by atoms with Gasteiger partial charge in [-0.3, -0.25) is 14.7 Å². The minimum atomic E-state index is -0.407. The van der Waals surface area contributed by atoms with Gasteiger partial charge in [-0.15, -0.1) is 0 Å². The number of carbonyl (C=O) groups is 1. The minimum absolute atomic E-state index is 0.187. The number of pyridine rings is 1. The number of rotatable bonds is 7. The highest BCUT2D eigenvalue weighted by Gasteiger charge is 2.48. The Kier molecular flexibility index (Phi) is 6.89. The van der Waals surface area contributed by atoms with Gasteiger partial charge in [0.05, 0.1) is 11.0 Å². The molecule has 28 heavy (non-hydrogen) atoms. The SMILES string of the molecule is CC(C)CCN1CCN(C[C@@]2(C(=O)c3ccccn3)CCOC(C)(C)C2)CC1. The molecule has 3 heterocycles. The van der Waals surface area contributed by atoms with Gasteiger partial charge in [0, 0.05) is 45.5 Å². The fraction of sp³-hybridized carbons (Fsp3) is 0.739. The molecule has 0 aromatic carbocycles. The number of aromatic nitrogens is 1. The van der Waals surface area contributed by atoms with Crippen LogP contribution in [0.15, 0.2) is 24.4 Å². The molecule has 0 spiro atoms. The van der Waals surface area contributed by atoms with Crippen molar-refractivity contribution in [1.82, 2.24) is 14.8 Å². The molecule has 0 radical (unpaired) electrons. The lowest BCUT2D eigenvalue weighted by Crippen LogP contribution is -2.55. The third kappa shape index (κ3) is 5.40. The zero-order valence-electron chi connectivity index (χ0n) is 18.1. The normalized spacial score (nSPS) is 26.5. The molecule has 1 aromatic rings. The predicted molar refractivity (Wildman–Crippen MR) is 113 cm³/mol. The molecule has 5 heteroatoms. The Morgan fingerprint density at radius 3 is 2.50 bits per heavy atom. The van der Waals surface area contributed by atoms with Crippen LogP contribution in [0.4, 0.5) is 0 Å². The molecule has 156 valence electrons. The van der Waals surface area contributed by atoms with E-state index in [1.54, 1.807) is 6.20 Å². The van der Waals surface area contributed by atoms with Crippen molar-refractivity contribution in [3.8, 4) is 0 Å². The second-order valence-electron chi connectivity index (χ2n) is 9.66. The van der Waals surface area contributed by atoms with Crippen LogP contribution in [0.5, 0.6) is 0 Å². The zero-order chi connectivity index (χ0) is 20.2. The van der Waals surface area contributed by atoms with Crippen LogP contribution in [0.3, 0.4) is 0 Å². The highest BCUT2D eigenvalue weighted by molar-refractivity contribution is 5.99. The lowest BCUT2D eigenvalue weighted by Gasteiger charge is -2.47. The van der Waals surface area contributed by atoms with Crippen LogP contribution >= 0.6 is 0 Å². The van der Waals surface area contributed by atoms with Crippen LogP contribution in [0.2, 0.25) is 0 Å². The van der Waals surface area contributed by atoms with Gasteiger partial charge in [0.1, 0.15) is 5.69 Å². The molecule has 2 aliphatic heterocycles. The molecule has 1 aromatic heterocycles. The van der Waals surface area contributed by atoms with E-state index in [9.17, 15) is 4.79 Å². The van der Waals surface area contributed by atoms with Crippen LogP contribution in [0, 0.1) is 11.3 Å². The largest absolute Gasteiger partial charge is 0.376 e. The number of ether oxygens (including phenoxy) is 1. The van der Waals surface area contributed by atoms with Crippen molar-refractivity contribution in [1.29, 1.82) is 0 Å². The van der Waals surface area contributed by atoms with Crippen molar-refractivity contribution < 1.29 is 9.53 Å². The molecule has 0 bridgehead atoms. The van der Waals surface area contributed by atoms with Crippen LogP contribution in [0.25, 0.3) is 0 Å². The first-order chi connectivity index (χ1) is 13.3. The topological polar surface area (TPSA) is 45.7 Å². The maximum atomic E-state index is 13.6. The van der Waals surface area contributed by atoms with Crippen LogP contribution in [-0.2, 0) is 4.74 Å². The summed E-state index contributed by atoms with van der Waals surface area (Å²) < 4.78 is 5.97. The second-order valence-corrected chi connectivity index (χ2v) is 9.66. The van der Waals surface area contributed by atoms with Gasteiger partial charge in [-0.05, 0) is 57.7 Å². The van der Waals surface area contributed by atoms with Crippen LogP contribution in [0.1, 0.15) is 57.4 Å². The summed E-state index contributed by atoms with van der Waals surface area (Å²) in [5.74, 6) is 0.938. The second kappa shape index (κ2) is 9.02. The van der Waals surface area contributed by atoms with Crippen LogP contribution in [-0.4, -0.2) is 72.0 Å². The molecule has 2 aliphatic rings. The van der Waals surface area contributed by atoms with E-state index in [1.807, 2.05) is 18.2 Å². The number of nitrogens with zero attached hydrogens (tertiary/aromatic N) is 3. The number of ketones is 1. The summed E-state index contributed by atoms with van der Waals surface area (Å²) >= 11 is 0. The van der Waals surface area contributed by atoms with Gasteiger partial charge in [0.2, 0.25) is 0 Å². The van der Waals surface area contributed by atoms with Gasteiger partial charge in [0.25, 0.3) is 0 Å². The summed E-state index contributed by atoms with van der Waals surface area (Å²) in [5, 5.41) is 0. The van der Waals surface area contributed by atoms with E-state index in [2.05, 4.69) is 42.5 Å². The highest BCUT2D eigenvalue weighted by Crippen LogP contribution is 2.42. The molecule has 0 unspecified atom stereocenters. The van der Waals surface area contributed by atoms with Crippen molar-refractivity contribution in [2.75, 3.05) is 45.9 Å². The Hall–Kier alpha value is -1.30. The molecule has 0 saturated carbocycles. The van der Waals surface area contributed by atoms with E-state index in [4.69, 9.17) is 4.74 Å². The molecular formula is C23H37N3O2. The molecule has 0 aliphatic carbocycles. The number of Topliss-reactive ketones (excluding diaryl/α,β-unsaturated/α-hetero) is 1. The summed E-state index contributed by atoms with van der Waals surface area (Å²) in [6, 6.07) is 5.63. The van der Waals surface area contributed by atoms with E-state index in [-0.39, 0.29) is 11.4 Å². The number of piperazine rings is 1. The van der Waals surface area contributed by atoms with Gasteiger partial charge < -0.3 is 9.64 Å². The number of hydrogen-bond donors (Lipinski definition) is 0. The Balaban J connectivity index is 1.70. The highest BCUT2D eigenvalue weighted by atomic mass is 16.5. The van der Waals surface area contributed by atoms with Gasteiger partial charge in [-0.2, -0.15) is 0 Å². The summed E-state index contributed by atoms with van der Waals surface area (Å²) in [5.41, 5.74) is -0.0893. The minimum Gasteiger partial charge on any atom is -0.376 e. The molecule has 5 nitrogen and oxygen atoms in total. The van der Waals surface area contributed by atoms with Crippen molar-refractivity contribution >= 4 is 5.78 Å². The fourth-order valence-corrected chi connectivity index (χ4v) is 4.69. The molecule has 2 fully saturated rings. The zero-order valence-corrected chi connectivity index (χ0v) is 18.1. The number of hydrogen-bond acceptors (Lipinski definition) is 5.